The second-order valence-electron chi connectivity index (χ2n) is 14.0. The predicted octanol–water partition coefficient (Wildman–Crippen LogP) is 5.69. The average molecular weight is 726 g/mol. The van der Waals surface area contributed by atoms with Crippen LogP contribution in [0.15, 0.2) is 41.3 Å². The molecular weight excluding hydrogens is 666 g/mol. The highest BCUT2D eigenvalue weighted by atomic mass is 32.2. The van der Waals surface area contributed by atoms with Crippen LogP contribution in [0.1, 0.15) is 66.2 Å². The molecule has 2 fully saturated rings. The summed E-state index contributed by atoms with van der Waals surface area (Å²) in [6, 6.07) is 10.9. The van der Waals surface area contributed by atoms with Crippen molar-refractivity contribution in [3.63, 3.8) is 0 Å². The number of hydrogen-bond acceptors (Lipinski definition) is 12. The van der Waals surface area contributed by atoms with Gasteiger partial charge >= 0.3 is 0 Å². The summed E-state index contributed by atoms with van der Waals surface area (Å²) in [6.07, 6.45) is 4.68. The Morgan fingerprint density at radius 3 is 1.82 bits per heavy atom. The van der Waals surface area contributed by atoms with Crippen LogP contribution in [0.4, 0.5) is 5.69 Å². The van der Waals surface area contributed by atoms with E-state index < -0.39 is 27.8 Å². The molecule has 0 radical (unpaired) electrons. The molecule has 13 heteroatoms. The van der Waals surface area contributed by atoms with E-state index in [-0.39, 0.29) is 30.3 Å². The summed E-state index contributed by atoms with van der Waals surface area (Å²) < 4.78 is 78.8. The molecule has 4 rings (SSSR count). The molecule has 0 saturated carbocycles. The lowest BCUT2D eigenvalue weighted by Gasteiger charge is -2.19. The van der Waals surface area contributed by atoms with Crippen LogP contribution >= 0.6 is 0 Å². The van der Waals surface area contributed by atoms with Gasteiger partial charge in [0.2, 0.25) is 0 Å². The lowest BCUT2D eigenvalue weighted by molar-refractivity contribution is -0.145. The Labute approximate surface area is 299 Å². The minimum absolute atomic E-state index is 0.0270. The summed E-state index contributed by atoms with van der Waals surface area (Å²) in [6.45, 7) is 12.1. The van der Waals surface area contributed by atoms with Gasteiger partial charge in [-0.2, -0.15) is 8.42 Å². The second kappa shape index (κ2) is 19.8. The van der Waals surface area contributed by atoms with Gasteiger partial charge in [0, 0.05) is 57.0 Å². The van der Waals surface area contributed by atoms with E-state index in [1.807, 2.05) is 64.9 Å². The number of unbranched alkanes of at least 4 members (excludes halogenated alkanes) is 4. The molecule has 284 valence electrons. The van der Waals surface area contributed by atoms with Gasteiger partial charge < -0.3 is 42.8 Å². The lowest BCUT2D eigenvalue weighted by atomic mass is 10.1. The van der Waals surface area contributed by atoms with E-state index in [0.717, 1.165) is 49.6 Å². The van der Waals surface area contributed by atoms with Crippen molar-refractivity contribution >= 4 is 26.6 Å². The van der Waals surface area contributed by atoms with Gasteiger partial charge in [0.25, 0.3) is 10.1 Å². The highest BCUT2D eigenvalue weighted by Gasteiger charge is 2.33. The maximum Gasteiger partial charge on any atom is 0.297 e. The first-order chi connectivity index (χ1) is 23.9. The molecule has 2 saturated heterocycles. The van der Waals surface area contributed by atoms with Crippen molar-refractivity contribution in [2.75, 3.05) is 85.1 Å². The van der Waals surface area contributed by atoms with E-state index in [1.165, 1.54) is 0 Å². The molecule has 2 aromatic carbocycles. The molecule has 0 spiro atoms. The molecule has 2 aromatic rings. The molecule has 0 amide bonds. The SMILES string of the molecule is CN(C)c1cccc2c(S(=O)(=O)OCC(COCCCCCOCC3COC(C)(C)O3)OCCCCCOCC3COC(C)(C)O3)cccc12. The molecule has 0 aliphatic carbocycles. The fraction of sp³-hybridized carbons (Fsp3) is 0.730. The van der Waals surface area contributed by atoms with Crippen LogP contribution in [-0.2, 0) is 52.2 Å². The van der Waals surface area contributed by atoms with Crippen molar-refractivity contribution in [1.29, 1.82) is 0 Å². The van der Waals surface area contributed by atoms with Gasteiger partial charge in [0.1, 0.15) is 23.2 Å². The standard InChI is InChI=1S/C37H59NO11S/c1-36(2)45-26-30(48-36)24-42-20-10-7-9-19-41-23-29(44-22-12-8-11-21-43-25-31-27-46-37(3,4)49-31)28-47-50(39,40)35-18-14-15-32-33(35)16-13-17-34(32)38(5)6/h13-18,29-31H,7-12,19-28H2,1-6H3. The van der Waals surface area contributed by atoms with Crippen molar-refractivity contribution in [3.8, 4) is 0 Å². The third-order valence-electron chi connectivity index (χ3n) is 8.43. The molecule has 2 aliphatic rings. The van der Waals surface area contributed by atoms with Gasteiger partial charge in [0.05, 0.1) is 39.6 Å². The summed E-state index contributed by atoms with van der Waals surface area (Å²) in [5.41, 5.74) is 0.928. The second-order valence-corrected chi connectivity index (χ2v) is 15.6. The minimum Gasteiger partial charge on any atom is -0.379 e. The number of benzene rings is 2. The Balaban J connectivity index is 1.19. The van der Waals surface area contributed by atoms with Gasteiger partial charge in [0.15, 0.2) is 11.6 Å². The Hall–Kier alpha value is -1.91. The summed E-state index contributed by atoms with van der Waals surface area (Å²) in [5, 5.41) is 1.45. The molecule has 12 nitrogen and oxygen atoms in total. The summed E-state index contributed by atoms with van der Waals surface area (Å²) in [7, 11) is -0.205. The quantitative estimate of drug-likeness (QED) is 0.0977. The van der Waals surface area contributed by atoms with Gasteiger partial charge in [-0.25, -0.2) is 0 Å². The van der Waals surface area contributed by atoms with Crippen LogP contribution in [-0.4, -0.2) is 118 Å². The Bertz CT molecular complexity index is 1400. The van der Waals surface area contributed by atoms with E-state index >= 15 is 0 Å². The van der Waals surface area contributed by atoms with Crippen molar-refractivity contribution < 1.29 is 50.5 Å². The smallest absolute Gasteiger partial charge is 0.297 e. The first-order valence-electron chi connectivity index (χ1n) is 17.9. The van der Waals surface area contributed by atoms with Gasteiger partial charge in [-0.05, 0) is 78.4 Å². The molecule has 3 unspecified atom stereocenters. The maximum absolute atomic E-state index is 13.5. The van der Waals surface area contributed by atoms with Gasteiger partial charge in [-0.15, -0.1) is 0 Å². The molecule has 2 heterocycles. The van der Waals surface area contributed by atoms with Gasteiger partial charge in [-0.3, -0.25) is 4.18 Å². The van der Waals surface area contributed by atoms with E-state index in [4.69, 9.17) is 42.1 Å². The highest BCUT2D eigenvalue weighted by molar-refractivity contribution is 7.87. The molecule has 2 aliphatic heterocycles. The van der Waals surface area contributed by atoms with Crippen molar-refractivity contribution in [3.05, 3.63) is 36.4 Å². The third kappa shape index (κ3) is 13.6. The van der Waals surface area contributed by atoms with Crippen LogP contribution in [0.3, 0.4) is 0 Å². The Morgan fingerprint density at radius 1 is 0.720 bits per heavy atom. The summed E-state index contributed by atoms with van der Waals surface area (Å²) in [4.78, 5) is 2.09. The third-order valence-corrected chi connectivity index (χ3v) is 9.77. The number of anilines is 1. The first-order valence-corrected chi connectivity index (χ1v) is 19.3. The van der Waals surface area contributed by atoms with Crippen LogP contribution in [0.25, 0.3) is 10.8 Å². The van der Waals surface area contributed by atoms with Crippen molar-refractivity contribution in [2.24, 2.45) is 0 Å². The molecule has 0 N–H and O–H groups in total. The average Bonchev–Trinajstić information content (AvgIpc) is 3.61. The molecule has 50 heavy (non-hydrogen) atoms. The zero-order chi connectivity index (χ0) is 36.0. The molecule has 0 bridgehead atoms. The number of fused-ring (bicyclic) bond motifs is 1. The van der Waals surface area contributed by atoms with E-state index in [1.54, 1.807) is 18.2 Å². The van der Waals surface area contributed by atoms with Crippen LogP contribution < -0.4 is 4.90 Å². The molecular formula is C37H59NO11S. The molecule has 0 aromatic heterocycles. The van der Waals surface area contributed by atoms with Crippen LogP contribution in [0, 0.1) is 0 Å². The maximum atomic E-state index is 13.5. The highest BCUT2D eigenvalue weighted by Crippen LogP contribution is 2.31. The van der Waals surface area contributed by atoms with E-state index in [0.29, 0.717) is 58.2 Å². The van der Waals surface area contributed by atoms with E-state index in [9.17, 15) is 8.42 Å². The van der Waals surface area contributed by atoms with E-state index in [2.05, 4.69) is 0 Å². The monoisotopic (exact) mass is 725 g/mol. The zero-order valence-electron chi connectivity index (χ0n) is 30.9. The fourth-order valence-corrected chi connectivity index (χ4v) is 7.05. The minimum atomic E-state index is -4.07. The largest absolute Gasteiger partial charge is 0.379 e. The lowest BCUT2D eigenvalue weighted by Crippen LogP contribution is -2.28. The van der Waals surface area contributed by atoms with Crippen LogP contribution in [0.2, 0.25) is 0 Å². The first kappa shape index (κ1) is 40.9. The van der Waals surface area contributed by atoms with Gasteiger partial charge in [-0.1, -0.05) is 24.3 Å². The number of hydrogen-bond donors (Lipinski definition) is 0. The number of rotatable bonds is 24. The molecule has 3 atom stereocenters. The summed E-state index contributed by atoms with van der Waals surface area (Å²) in [5.74, 6) is -1.09. The van der Waals surface area contributed by atoms with Crippen molar-refractivity contribution in [2.45, 2.75) is 101 Å². The topological polar surface area (TPSA) is 120 Å². The van der Waals surface area contributed by atoms with Crippen LogP contribution in [0.5, 0.6) is 0 Å². The predicted molar refractivity (Wildman–Crippen MR) is 191 cm³/mol. The Kier molecular flexibility index (Phi) is 16.2. The van der Waals surface area contributed by atoms with Crippen molar-refractivity contribution in [1.82, 2.24) is 0 Å². The normalized spacial score (nSPS) is 20.8. The Morgan fingerprint density at radius 2 is 1.26 bits per heavy atom. The zero-order valence-corrected chi connectivity index (χ0v) is 31.7. The number of ether oxygens (including phenoxy) is 8. The fourth-order valence-electron chi connectivity index (χ4n) is 5.90. The summed E-state index contributed by atoms with van der Waals surface area (Å²) >= 11 is 0. The number of nitrogens with zero attached hydrogens (tertiary/aromatic N) is 1.